The maximum absolute atomic E-state index is 6.14. The summed E-state index contributed by atoms with van der Waals surface area (Å²) in [7, 11) is 0. The molecule has 80 valence electrons. The van der Waals surface area contributed by atoms with Crippen molar-refractivity contribution in [3.8, 4) is 0 Å². The van der Waals surface area contributed by atoms with Gasteiger partial charge in [-0.15, -0.1) is 0 Å². The fourth-order valence-electron chi connectivity index (χ4n) is 1.19. The van der Waals surface area contributed by atoms with Crippen LogP contribution in [0.4, 0.5) is 0 Å². The van der Waals surface area contributed by atoms with E-state index >= 15 is 0 Å². The van der Waals surface area contributed by atoms with E-state index in [1.807, 2.05) is 13.8 Å². The van der Waals surface area contributed by atoms with E-state index in [1.54, 1.807) is 0 Å². The lowest BCUT2D eigenvalue weighted by atomic mass is 10.1. The van der Waals surface area contributed by atoms with Crippen LogP contribution >= 0.6 is 23.2 Å². The number of ether oxygens (including phenoxy) is 1. The highest BCUT2D eigenvalue weighted by Crippen LogP contribution is 2.33. The van der Waals surface area contributed by atoms with Crippen molar-refractivity contribution in [2.45, 2.75) is 56.9 Å². The first kappa shape index (κ1) is 13.5. The van der Waals surface area contributed by atoms with Crippen molar-refractivity contribution in [1.29, 1.82) is 0 Å². The van der Waals surface area contributed by atoms with E-state index in [1.165, 1.54) is 12.8 Å². The highest BCUT2D eigenvalue weighted by atomic mass is 35.5. The van der Waals surface area contributed by atoms with Gasteiger partial charge < -0.3 is 4.74 Å². The lowest BCUT2D eigenvalue weighted by Gasteiger charge is -2.26. The molecule has 0 heterocycles. The summed E-state index contributed by atoms with van der Waals surface area (Å²) in [5.41, 5.74) is 0. The lowest BCUT2D eigenvalue weighted by molar-refractivity contribution is 0.0618. The SMILES string of the molecule is CCCCCC(Cl)(Cl)C(C)OCC. The molecule has 0 saturated carbocycles. The summed E-state index contributed by atoms with van der Waals surface area (Å²) in [5.74, 6) is 0. The molecule has 13 heavy (non-hydrogen) atoms. The Morgan fingerprint density at radius 1 is 1.23 bits per heavy atom. The van der Waals surface area contributed by atoms with E-state index in [2.05, 4.69) is 6.92 Å². The molecular weight excluding hydrogens is 207 g/mol. The van der Waals surface area contributed by atoms with Gasteiger partial charge in [0.25, 0.3) is 0 Å². The van der Waals surface area contributed by atoms with Gasteiger partial charge in [-0.2, -0.15) is 0 Å². The van der Waals surface area contributed by atoms with Crippen molar-refractivity contribution in [2.75, 3.05) is 6.61 Å². The van der Waals surface area contributed by atoms with Gasteiger partial charge in [0.15, 0.2) is 0 Å². The molecule has 0 aromatic carbocycles. The molecule has 0 fully saturated rings. The third-order valence-corrected chi connectivity index (χ3v) is 3.12. The minimum absolute atomic E-state index is 0.0855. The average molecular weight is 227 g/mol. The molecule has 1 unspecified atom stereocenters. The van der Waals surface area contributed by atoms with E-state index in [0.717, 1.165) is 12.8 Å². The Balaban J connectivity index is 3.76. The topological polar surface area (TPSA) is 9.23 Å². The van der Waals surface area contributed by atoms with E-state index < -0.39 is 4.33 Å². The van der Waals surface area contributed by atoms with Gasteiger partial charge in [0.05, 0.1) is 6.10 Å². The van der Waals surface area contributed by atoms with Crippen molar-refractivity contribution in [3.05, 3.63) is 0 Å². The zero-order valence-electron chi connectivity index (χ0n) is 8.78. The molecule has 0 spiro atoms. The molecule has 0 aliphatic heterocycles. The highest BCUT2D eigenvalue weighted by molar-refractivity contribution is 6.48. The van der Waals surface area contributed by atoms with Gasteiger partial charge in [-0.25, -0.2) is 0 Å². The Labute approximate surface area is 91.7 Å². The number of halogens is 2. The van der Waals surface area contributed by atoms with Crippen LogP contribution in [0.5, 0.6) is 0 Å². The Morgan fingerprint density at radius 2 is 1.85 bits per heavy atom. The molecule has 3 heteroatoms. The van der Waals surface area contributed by atoms with Gasteiger partial charge in [0.1, 0.15) is 4.33 Å². The molecule has 0 aliphatic carbocycles. The average Bonchev–Trinajstić information content (AvgIpc) is 2.05. The summed E-state index contributed by atoms with van der Waals surface area (Å²) in [6.07, 6.45) is 4.16. The predicted octanol–water partition coefficient (Wildman–Crippen LogP) is 4.17. The van der Waals surface area contributed by atoms with Crippen molar-refractivity contribution in [1.82, 2.24) is 0 Å². The maximum atomic E-state index is 6.14. The minimum atomic E-state index is -0.717. The van der Waals surface area contributed by atoms with Crippen LogP contribution in [-0.4, -0.2) is 17.0 Å². The van der Waals surface area contributed by atoms with Gasteiger partial charge in [-0.1, -0.05) is 49.4 Å². The van der Waals surface area contributed by atoms with Gasteiger partial charge >= 0.3 is 0 Å². The molecule has 0 bridgehead atoms. The molecule has 1 atom stereocenters. The molecular formula is C10H20Cl2O. The van der Waals surface area contributed by atoms with Gasteiger partial charge in [0, 0.05) is 6.61 Å². The number of unbranched alkanes of at least 4 members (excludes halogenated alkanes) is 2. The van der Waals surface area contributed by atoms with Crippen molar-refractivity contribution < 1.29 is 4.74 Å². The Morgan fingerprint density at radius 3 is 2.31 bits per heavy atom. The van der Waals surface area contributed by atoms with E-state index in [0.29, 0.717) is 6.61 Å². The van der Waals surface area contributed by atoms with Crippen molar-refractivity contribution in [3.63, 3.8) is 0 Å². The fraction of sp³-hybridized carbons (Fsp3) is 1.00. The summed E-state index contributed by atoms with van der Waals surface area (Å²) in [6, 6.07) is 0. The lowest BCUT2D eigenvalue weighted by Crippen LogP contribution is -2.31. The van der Waals surface area contributed by atoms with Crippen LogP contribution in [-0.2, 0) is 4.74 Å². The smallest absolute Gasteiger partial charge is 0.143 e. The number of hydrogen-bond donors (Lipinski definition) is 0. The minimum Gasteiger partial charge on any atom is -0.376 e. The normalized spacial score (nSPS) is 14.5. The van der Waals surface area contributed by atoms with Gasteiger partial charge in [-0.3, -0.25) is 0 Å². The molecule has 0 N–H and O–H groups in total. The van der Waals surface area contributed by atoms with Crippen LogP contribution in [0, 0.1) is 0 Å². The molecule has 0 saturated heterocycles. The zero-order chi connectivity index (χ0) is 10.3. The zero-order valence-corrected chi connectivity index (χ0v) is 10.3. The summed E-state index contributed by atoms with van der Waals surface area (Å²) in [5, 5.41) is 0. The summed E-state index contributed by atoms with van der Waals surface area (Å²) in [6.45, 7) is 6.70. The first-order valence-corrected chi connectivity index (χ1v) is 5.79. The predicted molar refractivity (Wildman–Crippen MR) is 59.7 cm³/mol. The van der Waals surface area contributed by atoms with Crippen LogP contribution in [0.15, 0.2) is 0 Å². The van der Waals surface area contributed by atoms with E-state index in [-0.39, 0.29) is 6.10 Å². The Bertz CT molecular complexity index is 126. The van der Waals surface area contributed by atoms with E-state index in [4.69, 9.17) is 27.9 Å². The third-order valence-electron chi connectivity index (χ3n) is 2.13. The number of rotatable bonds is 7. The third kappa shape index (κ3) is 5.77. The second-order valence-corrected chi connectivity index (χ2v) is 4.86. The van der Waals surface area contributed by atoms with Crippen molar-refractivity contribution >= 4 is 23.2 Å². The molecule has 0 aromatic heterocycles. The quantitative estimate of drug-likeness (QED) is 0.468. The second-order valence-electron chi connectivity index (χ2n) is 3.32. The standard InChI is InChI=1S/C10H20Cl2O/c1-4-6-7-8-10(11,12)9(3)13-5-2/h9H,4-8H2,1-3H3. The maximum Gasteiger partial charge on any atom is 0.143 e. The molecule has 0 aromatic rings. The van der Waals surface area contributed by atoms with Gasteiger partial charge in [0.2, 0.25) is 0 Å². The van der Waals surface area contributed by atoms with E-state index in [9.17, 15) is 0 Å². The molecule has 1 nitrogen and oxygen atoms in total. The summed E-state index contributed by atoms with van der Waals surface area (Å²) in [4.78, 5) is 0. The van der Waals surface area contributed by atoms with Crippen LogP contribution in [0.1, 0.15) is 46.5 Å². The van der Waals surface area contributed by atoms with Crippen LogP contribution in [0.25, 0.3) is 0 Å². The first-order valence-electron chi connectivity index (χ1n) is 5.04. The molecule has 0 rings (SSSR count). The first-order chi connectivity index (χ1) is 6.04. The van der Waals surface area contributed by atoms with Crippen LogP contribution < -0.4 is 0 Å². The Hall–Kier alpha value is 0.540. The number of alkyl halides is 2. The largest absolute Gasteiger partial charge is 0.376 e. The van der Waals surface area contributed by atoms with Crippen LogP contribution in [0.2, 0.25) is 0 Å². The highest BCUT2D eigenvalue weighted by Gasteiger charge is 2.31. The summed E-state index contributed by atoms with van der Waals surface area (Å²) < 4.78 is 4.66. The monoisotopic (exact) mass is 226 g/mol. The molecule has 0 radical (unpaired) electrons. The van der Waals surface area contributed by atoms with Gasteiger partial charge in [-0.05, 0) is 20.3 Å². The van der Waals surface area contributed by atoms with Crippen molar-refractivity contribution in [2.24, 2.45) is 0 Å². The Kier molecular flexibility index (Phi) is 7.20. The van der Waals surface area contributed by atoms with Crippen LogP contribution in [0.3, 0.4) is 0 Å². The summed E-state index contributed by atoms with van der Waals surface area (Å²) >= 11 is 12.3. The fourth-order valence-corrected chi connectivity index (χ4v) is 1.58. The second kappa shape index (κ2) is 6.92. The molecule has 0 aliphatic rings. The molecule has 0 amide bonds. The number of hydrogen-bond acceptors (Lipinski definition) is 1.